The lowest BCUT2D eigenvalue weighted by molar-refractivity contribution is 0.0939. The summed E-state index contributed by atoms with van der Waals surface area (Å²) in [6, 6.07) is 18.3. The quantitative estimate of drug-likeness (QED) is 0.564. The van der Waals surface area contributed by atoms with Crippen molar-refractivity contribution in [2.75, 3.05) is 20.2 Å². The van der Waals surface area contributed by atoms with E-state index < -0.39 is 10.0 Å². The molecule has 1 amide bonds. The Bertz CT molecular complexity index is 1190. The maximum Gasteiger partial charge on any atom is 0.251 e. The largest absolute Gasteiger partial charge is 0.495 e. The van der Waals surface area contributed by atoms with Gasteiger partial charge < -0.3 is 10.1 Å². The van der Waals surface area contributed by atoms with Crippen molar-refractivity contribution in [3.8, 4) is 5.75 Å². The molecule has 0 aliphatic heterocycles. The van der Waals surface area contributed by atoms with Gasteiger partial charge in [0.05, 0.1) is 13.2 Å². The third-order valence-corrected chi connectivity index (χ3v) is 7.44. The van der Waals surface area contributed by atoms with Gasteiger partial charge in [-0.15, -0.1) is 0 Å². The SMILES string of the molecule is CCN(CC)S(=O)(=O)c1cc(C(=O)NC(C)c2ccc3ccccc3c2)ccc1OC. The van der Waals surface area contributed by atoms with E-state index in [1.165, 1.54) is 23.5 Å². The summed E-state index contributed by atoms with van der Waals surface area (Å²) in [5.74, 6) is -0.134. The summed E-state index contributed by atoms with van der Waals surface area (Å²) in [4.78, 5) is 12.9. The number of rotatable bonds is 8. The normalized spacial score (nSPS) is 12.7. The molecule has 0 radical (unpaired) electrons. The van der Waals surface area contributed by atoms with E-state index in [9.17, 15) is 13.2 Å². The molecule has 3 rings (SSSR count). The second kappa shape index (κ2) is 9.49. The van der Waals surface area contributed by atoms with E-state index in [0.29, 0.717) is 13.1 Å². The molecule has 31 heavy (non-hydrogen) atoms. The summed E-state index contributed by atoms with van der Waals surface area (Å²) in [7, 11) is -2.36. The Morgan fingerprint density at radius 1 is 1.00 bits per heavy atom. The molecule has 0 aliphatic carbocycles. The molecule has 1 N–H and O–H groups in total. The van der Waals surface area contributed by atoms with Crippen molar-refractivity contribution in [3.05, 3.63) is 71.8 Å². The number of amides is 1. The number of methoxy groups -OCH3 is 1. The van der Waals surface area contributed by atoms with Crippen LogP contribution in [0.2, 0.25) is 0 Å². The molecule has 0 spiro atoms. The lowest BCUT2D eigenvalue weighted by Crippen LogP contribution is -2.31. The van der Waals surface area contributed by atoms with Crippen molar-refractivity contribution in [3.63, 3.8) is 0 Å². The highest BCUT2D eigenvalue weighted by Crippen LogP contribution is 2.28. The van der Waals surface area contributed by atoms with Gasteiger partial charge in [0.2, 0.25) is 10.0 Å². The first-order valence-corrected chi connectivity index (χ1v) is 11.7. The van der Waals surface area contributed by atoms with Gasteiger partial charge >= 0.3 is 0 Å². The van der Waals surface area contributed by atoms with Crippen LogP contribution in [0.25, 0.3) is 10.8 Å². The van der Waals surface area contributed by atoms with Gasteiger partial charge in [0.25, 0.3) is 5.91 Å². The number of carbonyl (C=O) groups is 1. The fraction of sp³-hybridized carbons (Fsp3) is 0.292. The van der Waals surface area contributed by atoms with Crippen molar-refractivity contribution < 1.29 is 17.9 Å². The summed E-state index contributed by atoms with van der Waals surface area (Å²) in [5, 5.41) is 5.19. The molecular weight excluding hydrogens is 412 g/mol. The third kappa shape index (κ3) is 4.73. The van der Waals surface area contributed by atoms with Crippen LogP contribution in [0.15, 0.2) is 65.6 Å². The van der Waals surface area contributed by atoms with Crippen molar-refractivity contribution in [1.82, 2.24) is 9.62 Å². The predicted molar refractivity (Wildman–Crippen MR) is 123 cm³/mol. The van der Waals surface area contributed by atoms with E-state index in [1.54, 1.807) is 19.9 Å². The Labute approximate surface area is 183 Å². The average Bonchev–Trinajstić information content (AvgIpc) is 2.78. The Kier molecular flexibility index (Phi) is 6.97. The number of benzene rings is 3. The number of carbonyl (C=O) groups excluding carboxylic acids is 1. The van der Waals surface area contributed by atoms with Crippen molar-refractivity contribution in [2.45, 2.75) is 31.7 Å². The molecule has 164 valence electrons. The summed E-state index contributed by atoms with van der Waals surface area (Å²) >= 11 is 0. The highest BCUT2D eigenvalue weighted by Gasteiger charge is 2.27. The van der Waals surface area contributed by atoms with Gasteiger partial charge in [0.1, 0.15) is 10.6 Å². The molecule has 3 aromatic carbocycles. The van der Waals surface area contributed by atoms with Crippen LogP contribution in [-0.2, 0) is 10.0 Å². The first kappa shape index (κ1) is 22.8. The van der Waals surface area contributed by atoms with Gasteiger partial charge in [-0.2, -0.15) is 4.31 Å². The maximum absolute atomic E-state index is 13.0. The fourth-order valence-corrected chi connectivity index (χ4v) is 5.20. The Morgan fingerprint density at radius 2 is 1.68 bits per heavy atom. The Balaban J connectivity index is 1.89. The van der Waals surface area contributed by atoms with Gasteiger partial charge in [-0.3, -0.25) is 4.79 Å². The topological polar surface area (TPSA) is 75.7 Å². The van der Waals surface area contributed by atoms with Gasteiger partial charge in [-0.05, 0) is 47.5 Å². The molecule has 0 fully saturated rings. The molecule has 0 aromatic heterocycles. The summed E-state index contributed by atoms with van der Waals surface area (Å²) in [5.41, 5.74) is 1.23. The van der Waals surface area contributed by atoms with Crippen LogP contribution in [0.5, 0.6) is 5.75 Å². The smallest absolute Gasteiger partial charge is 0.251 e. The zero-order chi connectivity index (χ0) is 22.6. The van der Waals surface area contributed by atoms with Crippen molar-refractivity contribution in [2.24, 2.45) is 0 Å². The van der Waals surface area contributed by atoms with E-state index in [2.05, 4.69) is 5.32 Å². The van der Waals surface area contributed by atoms with Crippen LogP contribution in [0.1, 0.15) is 42.7 Å². The standard InChI is InChI=1S/C24H28N2O4S/c1-5-26(6-2)31(28,29)23-16-21(13-14-22(23)30-4)24(27)25-17(3)19-12-11-18-9-7-8-10-20(18)15-19/h7-17H,5-6H2,1-4H3,(H,25,27). The number of hydrogen-bond acceptors (Lipinski definition) is 4. The maximum atomic E-state index is 13.0. The molecule has 6 nitrogen and oxygen atoms in total. The van der Waals surface area contributed by atoms with E-state index in [-0.39, 0.29) is 28.2 Å². The van der Waals surface area contributed by atoms with Crippen LogP contribution in [0.3, 0.4) is 0 Å². The number of nitrogens with zero attached hydrogens (tertiary/aromatic N) is 1. The van der Waals surface area contributed by atoms with E-state index >= 15 is 0 Å². The van der Waals surface area contributed by atoms with E-state index in [0.717, 1.165) is 16.3 Å². The Hall–Kier alpha value is -2.90. The summed E-state index contributed by atoms with van der Waals surface area (Å²) in [6.45, 7) is 6.11. The monoisotopic (exact) mass is 440 g/mol. The third-order valence-electron chi connectivity index (χ3n) is 5.37. The van der Waals surface area contributed by atoms with Crippen LogP contribution in [-0.4, -0.2) is 38.8 Å². The van der Waals surface area contributed by atoms with Crippen molar-refractivity contribution >= 4 is 26.7 Å². The van der Waals surface area contributed by atoms with Gasteiger partial charge in [0, 0.05) is 18.7 Å². The predicted octanol–water partition coefficient (Wildman–Crippen LogP) is 4.37. The van der Waals surface area contributed by atoms with Gasteiger partial charge in [-0.25, -0.2) is 8.42 Å². The molecular formula is C24H28N2O4S. The van der Waals surface area contributed by atoms with E-state index in [4.69, 9.17) is 4.74 Å². The molecule has 0 heterocycles. The molecule has 0 aliphatic rings. The zero-order valence-corrected chi connectivity index (χ0v) is 19.1. The number of sulfonamides is 1. The highest BCUT2D eigenvalue weighted by molar-refractivity contribution is 7.89. The fourth-order valence-electron chi connectivity index (χ4n) is 3.56. The van der Waals surface area contributed by atoms with Gasteiger partial charge in [-0.1, -0.05) is 50.2 Å². The minimum Gasteiger partial charge on any atom is -0.495 e. The molecule has 0 saturated carbocycles. The first-order valence-electron chi connectivity index (χ1n) is 10.3. The number of hydrogen-bond donors (Lipinski definition) is 1. The van der Waals surface area contributed by atoms with Crippen LogP contribution < -0.4 is 10.1 Å². The van der Waals surface area contributed by atoms with Crippen molar-refractivity contribution in [1.29, 1.82) is 0 Å². The molecule has 1 atom stereocenters. The van der Waals surface area contributed by atoms with E-state index in [1.807, 2.05) is 49.4 Å². The first-order chi connectivity index (χ1) is 14.8. The number of fused-ring (bicyclic) bond motifs is 1. The minimum absolute atomic E-state index is 0.00953. The second-order valence-corrected chi connectivity index (χ2v) is 9.16. The second-order valence-electron chi connectivity index (χ2n) is 7.26. The zero-order valence-electron chi connectivity index (χ0n) is 18.3. The Morgan fingerprint density at radius 3 is 2.32 bits per heavy atom. The molecule has 0 saturated heterocycles. The average molecular weight is 441 g/mol. The molecule has 1 unspecified atom stereocenters. The summed E-state index contributed by atoms with van der Waals surface area (Å²) in [6.07, 6.45) is 0. The number of ether oxygens (including phenoxy) is 1. The van der Waals surface area contributed by atoms with Crippen LogP contribution >= 0.6 is 0 Å². The molecule has 0 bridgehead atoms. The van der Waals surface area contributed by atoms with Gasteiger partial charge in [0.15, 0.2) is 0 Å². The van der Waals surface area contributed by atoms with Crippen LogP contribution in [0, 0.1) is 0 Å². The van der Waals surface area contributed by atoms with Crippen LogP contribution in [0.4, 0.5) is 0 Å². The highest BCUT2D eigenvalue weighted by atomic mass is 32.2. The lowest BCUT2D eigenvalue weighted by atomic mass is 10.0. The summed E-state index contributed by atoms with van der Waals surface area (Å²) < 4.78 is 32.7. The molecule has 7 heteroatoms. The molecule has 3 aromatic rings. The lowest BCUT2D eigenvalue weighted by Gasteiger charge is -2.21. The number of nitrogens with one attached hydrogen (secondary N) is 1. The minimum atomic E-state index is -3.78.